The molecule has 3 rings (SSSR count). The summed E-state index contributed by atoms with van der Waals surface area (Å²) < 4.78 is 39.2. The Morgan fingerprint density at radius 2 is 1.76 bits per heavy atom. The van der Waals surface area contributed by atoms with Gasteiger partial charge in [-0.15, -0.1) is 0 Å². The molecule has 0 amide bonds. The van der Waals surface area contributed by atoms with Crippen molar-refractivity contribution in [1.29, 1.82) is 0 Å². The van der Waals surface area contributed by atoms with Crippen LogP contribution in [0.15, 0.2) is 48.7 Å². The fourth-order valence-electron chi connectivity index (χ4n) is 2.19. The molecule has 0 spiro atoms. The van der Waals surface area contributed by atoms with E-state index < -0.39 is 11.7 Å². The Morgan fingerprint density at radius 1 is 1.00 bits per heavy atom. The van der Waals surface area contributed by atoms with Gasteiger partial charge in [0.2, 0.25) is 0 Å². The van der Waals surface area contributed by atoms with E-state index in [1.165, 1.54) is 24.3 Å². The molecule has 106 valence electrons. The SMILES string of the molecule is Nc1nc(-c2ccccc2C(F)(F)F)cc2ncccc12. The summed E-state index contributed by atoms with van der Waals surface area (Å²) in [4.78, 5) is 8.20. The summed E-state index contributed by atoms with van der Waals surface area (Å²) in [7, 11) is 0. The number of hydrogen-bond donors (Lipinski definition) is 1. The number of hydrogen-bond acceptors (Lipinski definition) is 3. The number of nitrogen functional groups attached to an aromatic ring is 1. The third-order valence-corrected chi connectivity index (χ3v) is 3.14. The van der Waals surface area contributed by atoms with Gasteiger partial charge in [0.15, 0.2) is 0 Å². The summed E-state index contributed by atoms with van der Waals surface area (Å²) in [5, 5.41) is 0.616. The predicted molar refractivity (Wildman–Crippen MR) is 74.4 cm³/mol. The molecule has 6 heteroatoms. The number of fused-ring (bicyclic) bond motifs is 1. The highest BCUT2D eigenvalue weighted by Gasteiger charge is 2.33. The quantitative estimate of drug-likeness (QED) is 0.739. The van der Waals surface area contributed by atoms with Crippen LogP contribution in [0.5, 0.6) is 0 Å². The molecule has 2 heterocycles. The van der Waals surface area contributed by atoms with Gasteiger partial charge in [-0.2, -0.15) is 13.2 Å². The third-order valence-electron chi connectivity index (χ3n) is 3.14. The number of benzene rings is 1. The fourth-order valence-corrected chi connectivity index (χ4v) is 2.19. The maximum atomic E-state index is 13.1. The Balaban J connectivity index is 2.27. The first-order valence-electron chi connectivity index (χ1n) is 6.14. The molecule has 2 aromatic heterocycles. The second kappa shape index (κ2) is 4.73. The molecule has 21 heavy (non-hydrogen) atoms. The van der Waals surface area contributed by atoms with Gasteiger partial charge in [0.05, 0.1) is 16.8 Å². The molecule has 0 radical (unpaired) electrons. The van der Waals surface area contributed by atoms with Crippen LogP contribution < -0.4 is 5.73 Å². The Labute approximate surface area is 118 Å². The van der Waals surface area contributed by atoms with Crippen molar-refractivity contribution in [2.24, 2.45) is 0 Å². The first kappa shape index (κ1) is 13.4. The lowest BCUT2D eigenvalue weighted by Crippen LogP contribution is -2.07. The molecule has 0 fully saturated rings. The number of rotatable bonds is 1. The largest absolute Gasteiger partial charge is 0.417 e. The Bertz CT molecular complexity index is 813. The molecule has 0 aliphatic carbocycles. The zero-order valence-corrected chi connectivity index (χ0v) is 10.7. The van der Waals surface area contributed by atoms with E-state index >= 15 is 0 Å². The molecule has 3 nitrogen and oxygen atoms in total. The molecule has 0 aliphatic heterocycles. The molecule has 0 saturated heterocycles. The number of pyridine rings is 2. The van der Waals surface area contributed by atoms with Crippen molar-refractivity contribution in [3.8, 4) is 11.3 Å². The van der Waals surface area contributed by atoms with Crippen LogP contribution in [0.1, 0.15) is 5.56 Å². The van der Waals surface area contributed by atoms with E-state index in [0.29, 0.717) is 10.9 Å². The van der Waals surface area contributed by atoms with Crippen LogP contribution in [-0.4, -0.2) is 9.97 Å². The summed E-state index contributed by atoms with van der Waals surface area (Å²) in [6.45, 7) is 0. The first-order chi connectivity index (χ1) is 9.97. The zero-order chi connectivity index (χ0) is 15.0. The number of alkyl halides is 3. The Kier molecular flexibility index (Phi) is 3.01. The first-order valence-corrected chi connectivity index (χ1v) is 6.14. The van der Waals surface area contributed by atoms with Gasteiger partial charge in [0.1, 0.15) is 5.82 Å². The monoisotopic (exact) mass is 289 g/mol. The highest BCUT2D eigenvalue weighted by molar-refractivity contribution is 5.91. The molecule has 1 aromatic carbocycles. The molecular formula is C15H10F3N3. The summed E-state index contributed by atoms with van der Waals surface area (Å²) in [6.07, 6.45) is -2.90. The molecular weight excluding hydrogens is 279 g/mol. The van der Waals surface area contributed by atoms with Crippen molar-refractivity contribution < 1.29 is 13.2 Å². The fraction of sp³-hybridized carbons (Fsp3) is 0.0667. The lowest BCUT2D eigenvalue weighted by molar-refractivity contribution is -0.137. The van der Waals surface area contributed by atoms with Crippen LogP contribution in [0.3, 0.4) is 0 Å². The molecule has 2 N–H and O–H groups in total. The van der Waals surface area contributed by atoms with Gasteiger partial charge >= 0.3 is 6.18 Å². The van der Waals surface area contributed by atoms with Gasteiger partial charge in [0, 0.05) is 17.1 Å². The average Bonchev–Trinajstić information content (AvgIpc) is 2.46. The van der Waals surface area contributed by atoms with Crippen molar-refractivity contribution in [3.05, 3.63) is 54.2 Å². The van der Waals surface area contributed by atoms with Gasteiger partial charge in [0.25, 0.3) is 0 Å². The molecule has 0 atom stereocenters. The standard InChI is InChI=1S/C15H10F3N3/c16-15(17,18)11-6-2-1-4-9(11)13-8-12-10(14(19)21-13)5-3-7-20-12/h1-8H,(H2,19,21). The van der Waals surface area contributed by atoms with Gasteiger partial charge in [-0.05, 0) is 24.3 Å². The maximum absolute atomic E-state index is 13.1. The summed E-state index contributed by atoms with van der Waals surface area (Å²) >= 11 is 0. The van der Waals surface area contributed by atoms with E-state index in [1.54, 1.807) is 18.3 Å². The minimum absolute atomic E-state index is 0.00995. The summed E-state index contributed by atoms with van der Waals surface area (Å²) in [5.41, 5.74) is 5.74. The topological polar surface area (TPSA) is 51.8 Å². The normalized spacial score (nSPS) is 11.8. The van der Waals surface area contributed by atoms with E-state index in [9.17, 15) is 13.2 Å². The smallest absolute Gasteiger partial charge is 0.383 e. The lowest BCUT2D eigenvalue weighted by atomic mass is 10.0. The molecule has 0 unspecified atom stereocenters. The van der Waals surface area contributed by atoms with E-state index in [4.69, 9.17) is 5.73 Å². The van der Waals surface area contributed by atoms with Crippen LogP contribution in [0, 0.1) is 0 Å². The van der Waals surface area contributed by atoms with E-state index in [2.05, 4.69) is 9.97 Å². The van der Waals surface area contributed by atoms with Crippen LogP contribution >= 0.6 is 0 Å². The Morgan fingerprint density at radius 3 is 2.52 bits per heavy atom. The second-order valence-electron chi connectivity index (χ2n) is 4.51. The summed E-state index contributed by atoms with van der Waals surface area (Å²) in [6, 6.07) is 10.2. The number of aromatic nitrogens is 2. The molecule has 0 saturated carbocycles. The van der Waals surface area contributed by atoms with Crippen molar-refractivity contribution in [1.82, 2.24) is 9.97 Å². The van der Waals surface area contributed by atoms with Crippen LogP contribution in [0.2, 0.25) is 0 Å². The van der Waals surface area contributed by atoms with Crippen LogP contribution in [0.4, 0.5) is 19.0 Å². The van der Waals surface area contributed by atoms with Gasteiger partial charge in [-0.3, -0.25) is 4.98 Å². The molecule has 3 aromatic rings. The zero-order valence-electron chi connectivity index (χ0n) is 10.7. The van der Waals surface area contributed by atoms with Crippen LogP contribution in [-0.2, 0) is 6.18 Å². The highest BCUT2D eigenvalue weighted by Crippen LogP contribution is 2.37. The van der Waals surface area contributed by atoms with Crippen molar-refractivity contribution in [2.75, 3.05) is 5.73 Å². The molecule has 0 bridgehead atoms. The third kappa shape index (κ3) is 2.40. The van der Waals surface area contributed by atoms with Gasteiger partial charge < -0.3 is 5.73 Å². The maximum Gasteiger partial charge on any atom is 0.417 e. The van der Waals surface area contributed by atoms with Crippen molar-refractivity contribution in [3.63, 3.8) is 0 Å². The average molecular weight is 289 g/mol. The molecule has 0 aliphatic rings. The number of anilines is 1. The predicted octanol–water partition coefficient (Wildman–Crippen LogP) is 3.90. The number of nitrogens with zero attached hydrogens (tertiary/aromatic N) is 2. The van der Waals surface area contributed by atoms with Gasteiger partial charge in [-0.1, -0.05) is 18.2 Å². The van der Waals surface area contributed by atoms with Crippen molar-refractivity contribution >= 4 is 16.7 Å². The highest BCUT2D eigenvalue weighted by atomic mass is 19.4. The summed E-state index contributed by atoms with van der Waals surface area (Å²) in [5.74, 6) is 0.160. The number of halogens is 3. The minimum Gasteiger partial charge on any atom is -0.383 e. The van der Waals surface area contributed by atoms with Gasteiger partial charge in [-0.25, -0.2) is 4.98 Å². The van der Waals surface area contributed by atoms with Crippen LogP contribution in [0.25, 0.3) is 22.2 Å². The lowest BCUT2D eigenvalue weighted by Gasteiger charge is -2.13. The van der Waals surface area contributed by atoms with Crippen molar-refractivity contribution in [2.45, 2.75) is 6.18 Å². The second-order valence-corrected chi connectivity index (χ2v) is 4.51. The Hall–Kier alpha value is -2.63. The minimum atomic E-state index is -4.45. The van der Waals surface area contributed by atoms with E-state index in [-0.39, 0.29) is 17.1 Å². The van der Waals surface area contributed by atoms with E-state index in [1.807, 2.05) is 0 Å². The van der Waals surface area contributed by atoms with E-state index in [0.717, 1.165) is 6.07 Å². The number of nitrogens with two attached hydrogens (primary N) is 1.